The monoisotopic (exact) mass is 425 g/mol. The van der Waals surface area contributed by atoms with Gasteiger partial charge >= 0.3 is 0 Å². The number of hydrogen-bond acceptors (Lipinski definition) is 1. The van der Waals surface area contributed by atoms with Gasteiger partial charge in [0.1, 0.15) is 0 Å². The Balaban J connectivity index is 1.48. The van der Waals surface area contributed by atoms with Crippen molar-refractivity contribution >= 4 is 5.69 Å². The van der Waals surface area contributed by atoms with Crippen molar-refractivity contribution in [2.45, 2.75) is 12.8 Å². The molecule has 0 amide bonds. The van der Waals surface area contributed by atoms with E-state index in [1.165, 1.54) is 39.1 Å². The van der Waals surface area contributed by atoms with Gasteiger partial charge in [0.15, 0.2) is 0 Å². The highest BCUT2D eigenvalue weighted by molar-refractivity contribution is 5.84. The van der Waals surface area contributed by atoms with E-state index in [0.717, 1.165) is 18.5 Å². The van der Waals surface area contributed by atoms with Crippen molar-refractivity contribution in [3.8, 4) is 22.3 Å². The maximum absolute atomic E-state index is 3.72. The molecule has 0 heterocycles. The van der Waals surface area contributed by atoms with Crippen LogP contribution in [0, 0.1) is 0 Å². The molecular formula is C32H27N. The lowest BCUT2D eigenvalue weighted by molar-refractivity contribution is 1.22. The molecule has 2 aliphatic carbocycles. The van der Waals surface area contributed by atoms with E-state index >= 15 is 0 Å². The average Bonchev–Trinajstić information content (AvgIpc) is 3.29. The second-order valence-electron chi connectivity index (χ2n) is 8.25. The predicted molar refractivity (Wildman–Crippen MR) is 142 cm³/mol. The molecular weight excluding hydrogens is 398 g/mol. The highest BCUT2D eigenvalue weighted by atomic mass is 14.9. The molecule has 0 spiro atoms. The van der Waals surface area contributed by atoms with Crippen LogP contribution in [0.3, 0.4) is 0 Å². The maximum Gasteiger partial charge on any atom is 0.0462 e. The lowest BCUT2D eigenvalue weighted by atomic mass is 9.97. The second kappa shape index (κ2) is 10.0. The van der Waals surface area contributed by atoms with Crippen molar-refractivity contribution in [1.29, 1.82) is 0 Å². The summed E-state index contributed by atoms with van der Waals surface area (Å²) in [5, 5.41) is 3.72. The topological polar surface area (TPSA) is 12.0 Å². The SMILES string of the molecule is C1=CC=C(C2=CC=C(Nc3ccc(-c4ccccc4)cc3-c3ccccc3)CC=C2)CC=C1. The van der Waals surface area contributed by atoms with Crippen molar-refractivity contribution in [2.75, 3.05) is 5.32 Å². The number of anilines is 1. The van der Waals surface area contributed by atoms with Crippen molar-refractivity contribution in [2.24, 2.45) is 0 Å². The van der Waals surface area contributed by atoms with Crippen LogP contribution in [0.15, 0.2) is 150 Å². The number of nitrogens with one attached hydrogen (secondary N) is 1. The molecule has 160 valence electrons. The number of benzene rings is 3. The van der Waals surface area contributed by atoms with Gasteiger partial charge in [0.25, 0.3) is 0 Å². The van der Waals surface area contributed by atoms with Crippen LogP contribution in [0.5, 0.6) is 0 Å². The molecule has 0 atom stereocenters. The highest BCUT2D eigenvalue weighted by Crippen LogP contribution is 2.34. The first kappa shape index (κ1) is 20.8. The van der Waals surface area contributed by atoms with Crippen LogP contribution < -0.4 is 5.32 Å². The zero-order valence-electron chi connectivity index (χ0n) is 18.6. The van der Waals surface area contributed by atoms with Gasteiger partial charge in [0, 0.05) is 23.4 Å². The summed E-state index contributed by atoms with van der Waals surface area (Å²) in [6, 6.07) is 27.9. The third-order valence-corrected chi connectivity index (χ3v) is 5.97. The lowest BCUT2D eigenvalue weighted by Gasteiger charge is -2.16. The van der Waals surface area contributed by atoms with Crippen molar-refractivity contribution < 1.29 is 0 Å². The first-order valence-electron chi connectivity index (χ1n) is 11.5. The molecule has 2 aliphatic rings. The first-order valence-corrected chi connectivity index (χ1v) is 11.5. The minimum atomic E-state index is 0.869. The van der Waals surface area contributed by atoms with Crippen LogP contribution in [0.25, 0.3) is 22.3 Å². The van der Waals surface area contributed by atoms with Crippen molar-refractivity contribution in [1.82, 2.24) is 0 Å². The molecule has 1 nitrogen and oxygen atoms in total. The van der Waals surface area contributed by atoms with E-state index in [9.17, 15) is 0 Å². The van der Waals surface area contributed by atoms with Gasteiger partial charge in [0.05, 0.1) is 0 Å². The predicted octanol–water partition coefficient (Wildman–Crippen LogP) is 8.65. The Bertz CT molecular complexity index is 1300. The number of rotatable bonds is 5. The molecule has 0 radical (unpaired) electrons. The lowest BCUT2D eigenvalue weighted by Crippen LogP contribution is -2.00. The molecule has 0 fully saturated rings. The van der Waals surface area contributed by atoms with E-state index < -0.39 is 0 Å². The van der Waals surface area contributed by atoms with Crippen LogP contribution in [-0.2, 0) is 0 Å². The van der Waals surface area contributed by atoms with Crippen LogP contribution in [0.2, 0.25) is 0 Å². The summed E-state index contributed by atoms with van der Waals surface area (Å²) >= 11 is 0. The third kappa shape index (κ3) is 5.05. The summed E-state index contributed by atoms with van der Waals surface area (Å²) in [4.78, 5) is 0. The Morgan fingerprint density at radius 3 is 2.18 bits per heavy atom. The molecule has 0 saturated heterocycles. The summed E-state index contributed by atoms with van der Waals surface area (Å²) in [5.41, 5.74) is 9.78. The summed E-state index contributed by atoms with van der Waals surface area (Å²) < 4.78 is 0. The molecule has 0 saturated carbocycles. The van der Waals surface area contributed by atoms with Crippen LogP contribution >= 0.6 is 0 Å². The molecule has 33 heavy (non-hydrogen) atoms. The molecule has 3 aromatic rings. The van der Waals surface area contributed by atoms with Gasteiger partial charge in [-0.15, -0.1) is 0 Å². The molecule has 1 N–H and O–H groups in total. The van der Waals surface area contributed by atoms with Gasteiger partial charge in [-0.2, -0.15) is 0 Å². The Hall–Kier alpha value is -4.10. The Kier molecular flexibility index (Phi) is 6.31. The number of allylic oxidation sites excluding steroid dienone is 11. The van der Waals surface area contributed by atoms with Gasteiger partial charge < -0.3 is 5.32 Å². The fraction of sp³-hybridized carbons (Fsp3) is 0.0625. The number of hydrogen-bond donors (Lipinski definition) is 1. The maximum atomic E-state index is 3.72. The van der Waals surface area contributed by atoms with Gasteiger partial charge in [0.2, 0.25) is 0 Å². The molecule has 0 bridgehead atoms. The van der Waals surface area contributed by atoms with Gasteiger partial charge in [-0.25, -0.2) is 0 Å². The zero-order chi connectivity index (χ0) is 22.3. The quantitative estimate of drug-likeness (QED) is 0.431. The standard InChI is InChI=1S/C32H27N/c1-2-6-13-25(12-5-1)27-18-11-19-30(22-20-27)33-32-23-21-29(26-14-7-3-8-15-26)24-31(32)28-16-9-4-10-17-28/h1-12,14-18,20-24,33H,13,19H2. The summed E-state index contributed by atoms with van der Waals surface area (Å²) in [5.74, 6) is 0. The minimum absolute atomic E-state index is 0.869. The minimum Gasteiger partial charge on any atom is -0.358 e. The van der Waals surface area contributed by atoms with Crippen molar-refractivity contribution in [3.05, 3.63) is 150 Å². The molecule has 5 rings (SSSR count). The van der Waals surface area contributed by atoms with E-state index in [1.807, 2.05) is 0 Å². The van der Waals surface area contributed by atoms with Crippen molar-refractivity contribution in [3.63, 3.8) is 0 Å². The first-order chi connectivity index (χ1) is 16.4. The highest BCUT2D eigenvalue weighted by Gasteiger charge is 2.10. The fourth-order valence-corrected chi connectivity index (χ4v) is 4.22. The Labute approximate surface area is 196 Å². The molecule has 0 aromatic heterocycles. The van der Waals surface area contributed by atoms with Gasteiger partial charge in [-0.05, 0) is 52.5 Å². The van der Waals surface area contributed by atoms with Gasteiger partial charge in [-0.1, -0.05) is 115 Å². The normalized spacial score (nSPS) is 15.2. The molecule has 0 unspecified atom stereocenters. The van der Waals surface area contributed by atoms with Crippen LogP contribution in [0.4, 0.5) is 5.69 Å². The fourth-order valence-electron chi connectivity index (χ4n) is 4.22. The van der Waals surface area contributed by atoms with E-state index in [0.29, 0.717) is 0 Å². The van der Waals surface area contributed by atoms with E-state index in [4.69, 9.17) is 0 Å². The van der Waals surface area contributed by atoms with E-state index in [2.05, 4.69) is 139 Å². The summed E-state index contributed by atoms with van der Waals surface area (Å²) in [7, 11) is 0. The molecule has 1 heteroatoms. The largest absolute Gasteiger partial charge is 0.358 e. The second-order valence-corrected chi connectivity index (χ2v) is 8.25. The van der Waals surface area contributed by atoms with Crippen LogP contribution in [0.1, 0.15) is 12.8 Å². The molecule has 3 aromatic carbocycles. The van der Waals surface area contributed by atoms with E-state index in [1.54, 1.807) is 0 Å². The Morgan fingerprint density at radius 1 is 0.576 bits per heavy atom. The molecule has 0 aliphatic heterocycles. The van der Waals surface area contributed by atoms with E-state index in [-0.39, 0.29) is 0 Å². The summed E-state index contributed by atoms with van der Waals surface area (Å²) in [6.07, 6.45) is 21.5. The summed E-state index contributed by atoms with van der Waals surface area (Å²) in [6.45, 7) is 0. The zero-order valence-corrected chi connectivity index (χ0v) is 18.6. The average molecular weight is 426 g/mol. The Morgan fingerprint density at radius 2 is 1.36 bits per heavy atom. The van der Waals surface area contributed by atoms with Gasteiger partial charge in [-0.3, -0.25) is 0 Å². The van der Waals surface area contributed by atoms with Crippen LogP contribution in [-0.4, -0.2) is 0 Å². The third-order valence-electron chi connectivity index (χ3n) is 5.97. The smallest absolute Gasteiger partial charge is 0.0462 e.